The molecule has 222 valence electrons. The van der Waals surface area contributed by atoms with Crippen molar-refractivity contribution in [3.8, 4) is 0 Å². The molecule has 2 N–H and O–H groups in total. The molecule has 42 heavy (non-hydrogen) atoms. The number of anilines is 1. The molecule has 0 saturated carbocycles. The van der Waals surface area contributed by atoms with Gasteiger partial charge in [0, 0.05) is 5.69 Å². The van der Waals surface area contributed by atoms with E-state index in [4.69, 9.17) is 9.47 Å². The zero-order valence-electron chi connectivity index (χ0n) is 21.5. The predicted octanol–water partition coefficient (Wildman–Crippen LogP) is 5.76. The maximum Gasteiger partial charge on any atom is 0.416 e. The van der Waals surface area contributed by atoms with E-state index in [0.717, 1.165) is 24.3 Å². The summed E-state index contributed by atoms with van der Waals surface area (Å²) < 4.78 is 88.6. The van der Waals surface area contributed by atoms with Crippen LogP contribution < -0.4 is 5.32 Å². The molecule has 2 atom stereocenters. The number of rotatable bonds is 9. The Labute approximate surface area is 233 Å². The molecule has 0 heterocycles. The van der Waals surface area contributed by atoms with Gasteiger partial charge in [-0.2, -0.15) is 26.3 Å². The number of carboxylic acid groups (broad SMARTS) is 1. The van der Waals surface area contributed by atoms with Crippen molar-refractivity contribution in [1.29, 1.82) is 0 Å². The van der Waals surface area contributed by atoms with Crippen LogP contribution in [0.5, 0.6) is 0 Å². The van der Waals surface area contributed by atoms with Crippen LogP contribution in [0.3, 0.4) is 0 Å². The van der Waals surface area contributed by atoms with Crippen molar-refractivity contribution in [3.05, 3.63) is 101 Å². The molecule has 3 rings (SSSR count). The number of carbonyl (C=O) groups is 4. The highest BCUT2D eigenvalue weighted by Crippen LogP contribution is 2.31. The first-order valence-corrected chi connectivity index (χ1v) is 12.0. The Morgan fingerprint density at radius 2 is 1.21 bits per heavy atom. The van der Waals surface area contributed by atoms with Gasteiger partial charge in [-0.25, -0.2) is 14.4 Å². The number of alkyl halides is 6. The highest BCUT2D eigenvalue weighted by atomic mass is 19.4. The Hall–Kier alpha value is -4.88. The first-order chi connectivity index (χ1) is 19.6. The molecule has 0 aliphatic heterocycles. The molecule has 0 radical (unpaired) electrons. The molecule has 14 heteroatoms. The monoisotopic (exact) mass is 597 g/mol. The minimum absolute atomic E-state index is 0.151. The largest absolute Gasteiger partial charge is 0.478 e. The minimum Gasteiger partial charge on any atom is -0.478 e. The minimum atomic E-state index is -4.86. The van der Waals surface area contributed by atoms with Gasteiger partial charge in [0.25, 0.3) is 5.91 Å². The number of aliphatic carboxylic acids is 1. The van der Waals surface area contributed by atoms with Gasteiger partial charge in [0.1, 0.15) is 0 Å². The van der Waals surface area contributed by atoms with Gasteiger partial charge in [-0.1, -0.05) is 37.3 Å². The maximum absolute atomic E-state index is 13.3. The Balaban J connectivity index is 1.99. The van der Waals surface area contributed by atoms with Crippen molar-refractivity contribution in [2.24, 2.45) is 0 Å². The van der Waals surface area contributed by atoms with Crippen LogP contribution in [0, 0.1) is 0 Å². The zero-order valence-corrected chi connectivity index (χ0v) is 21.5. The molecule has 3 aromatic carbocycles. The number of ether oxygens (including phenoxy) is 2. The van der Waals surface area contributed by atoms with E-state index in [1.165, 1.54) is 12.1 Å². The van der Waals surface area contributed by atoms with Crippen molar-refractivity contribution >= 4 is 29.5 Å². The number of esters is 2. The second-order valence-electron chi connectivity index (χ2n) is 8.65. The third kappa shape index (κ3) is 7.86. The van der Waals surface area contributed by atoms with E-state index in [1.54, 1.807) is 19.1 Å². The standard InChI is InChI=1S/C28H21F6NO7/c1-2-15-7-3-4-12-20(15)35-23(36)21(41-25(39)16-8-5-10-18(13-16)27(29,30)31)22(24(37)38)42-26(40)17-9-6-11-19(14-17)28(32,33)34/h3-14,21-22H,2H2,1H3,(H,35,36)(H,37,38)/t21-,22-/m1/s1. The number of benzene rings is 3. The van der Waals surface area contributed by atoms with E-state index in [1.807, 2.05) is 0 Å². The first kappa shape index (κ1) is 31.6. The summed E-state index contributed by atoms with van der Waals surface area (Å²) in [6.45, 7) is 1.73. The molecule has 0 aliphatic rings. The summed E-state index contributed by atoms with van der Waals surface area (Å²) in [5.41, 5.74) is -3.26. The molecule has 0 saturated heterocycles. The number of para-hydroxylation sites is 1. The topological polar surface area (TPSA) is 119 Å². The summed E-state index contributed by atoms with van der Waals surface area (Å²) in [5, 5.41) is 12.1. The van der Waals surface area contributed by atoms with E-state index in [-0.39, 0.29) is 5.69 Å². The maximum atomic E-state index is 13.3. The van der Waals surface area contributed by atoms with E-state index >= 15 is 0 Å². The predicted molar refractivity (Wildman–Crippen MR) is 133 cm³/mol. The molecule has 0 fully saturated rings. The third-order valence-corrected chi connectivity index (χ3v) is 5.75. The van der Waals surface area contributed by atoms with Gasteiger partial charge in [0.05, 0.1) is 22.3 Å². The number of hydrogen-bond donors (Lipinski definition) is 2. The summed E-state index contributed by atoms with van der Waals surface area (Å²) in [6.07, 6.45) is -14.5. The molecule has 0 aromatic heterocycles. The number of halogens is 6. The van der Waals surface area contributed by atoms with Crippen LogP contribution in [0.1, 0.15) is 44.3 Å². The molecule has 0 spiro atoms. The van der Waals surface area contributed by atoms with E-state index < -0.39 is 70.6 Å². The van der Waals surface area contributed by atoms with Crippen molar-refractivity contribution in [3.63, 3.8) is 0 Å². The van der Waals surface area contributed by atoms with E-state index in [0.29, 0.717) is 36.2 Å². The van der Waals surface area contributed by atoms with Crippen LogP contribution in [0.4, 0.5) is 32.0 Å². The molecule has 0 unspecified atom stereocenters. The van der Waals surface area contributed by atoms with Crippen LogP contribution in [0.15, 0.2) is 72.8 Å². The second-order valence-corrected chi connectivity index (χ2v) is 8.65. The number of hydrogen-bond acceptors (Lipinski definition) is 6. The fourth-order valence-electron chi connectivity index (χ4n) is 3.66. The molecule has 0 aliphatic carbocycles. The van der Waals surface area contributed by atoms with E-state index in [9.17, 15) is 50.6 Å². The Kier molecular flexibility index (Phi) is 9.60. The van der Waals surface area contributed by atoms with Gasteiger partial charge < -0.3 is 19.9 Å². The summed E-state index contributed by atoms with van der Waals surface area (Å²) in [5.74, 6) is -6.58. The first-order valence-electron chi connectivity index (χ1n) is 12.0. The Bertz CT molecular complexity index is 1490. The molecule has 3 aromatic rings. The molecule has 1 amide bonds. The number of carbonyl (C=O) groups excluding carboxylic acids is 3. The number of aryl methyl sites for hydroxylation is 1. The molecular weight excluding hydrogens is 576 g/mol. The summed E-state index contributed by atoms with van der Waals surface area (Å²) >= 11 is 0. The molecular formula is C28H21F6NO7. The lowest BCUT2D eigenvalue weighted by Gasteiger charge is -2.24. The summed E-state index contributed by atoms with van der Waals surface area (Å²) in [6, 6.07) is 11.8. The van der Waals surface area contributed by atoms with Crippen LogP contribution in [-0.2, 0) is 37.8 Å². The fourth-order valence-corrected chi connectivity index (χ4v) is 3.66. The highest BCUT2D eigenvalue weighted by molar-refractivity contribution is 6.02. The average Bonchev–Trinajstić information content (AvgIpc) is 2.94. The van der Waals surface area contributed by atoms with Gasteiger partial charge in [0.15, 0.2) is 0 Å². The fraction of sp³-hybridized carbons (Fsp3) is 0.214. The van der Waals surface area contributed by atoms with Crippen molar-refractivity contribution in [2.75, 3.05) is 5.32 Å². The quantitative estimate of drug-likeness (QED) is 0.238. The van der Waals surface area contributed by atoms with Gasteiger partial charge in [-0.3, -0.25) is 4.79 Å². The summed E-state index contributed by atoms with van der Waals surface area (Å²) in [4.78, 5) is 50.9. The number of amides is 1. The highest BCUT2D eigenvalue weighted by Gasteiger charge is 2.42. The lowest BCUT2D eigenvalue weighted by Crippen LogP contribution is -2.48. The van der Waals surface area contributed by atoms with Gasteiger partial charge >= 0.3 is 30.3 Å². The van der Waals surface area contributed by atoms with Crippen molar-refractivity contribution in [1.82, 2.24) is 0 Å². The molecule has 8 nitrogen and oxygen atoms in total. The van der Waals surface area contributed by atoms with Crippen molar-refractivity contribution < 1.29 is 60.1 Å². The Morgan fingerprint density at radius 3 is 1.67 bits per heavy atom. The lowest BCUT2D eigenvalue weighted by molar-refractivity contribution is -0.157. The van der Waals surface area contributed by atoms with E-state index in [2.05, 4.69) is 5.32 Å². The second kappa shape index (κ2) is 12.7. The zero-order chi connectivity index (χ0) is 31.2. The number of nitrogens with one attached hydrogen (secondary N) is 1. The SMILES string of the molecule is CCc1ccccc1NC(=O)[C@H](OC(=O)c1cccc(C(F)(F)F)c1)[C@@H](OC(=O)c1cccc(C(F)(F)F)c1)C(=O)O. The third-order valence-electron chi connectivity index (χ3n) is 5.75. The number of carboxylic acids is 1. The van der Waals surface area contributed by atoms with Gasteiger partial charge in [0.2, 0.25) is 12.2 Å². The van der Waals surface area contributed by atoms with Crippen LogP contribution in [-0.4, -0.2) is 41.1 Å². The van der Waals surface area contributed by atoms with Crippen LogP contribution in [0.2, 0.25) is 0 Å². The summed E-state index contributed by atoms with van der Waals surface area (Å²) in [7, 11) is 0. The normalized spacial score (nSPS) is 13.0. The van der Waals surface area contributed by atoms with Gasteiger partial charge in [-0.15, -0.1) is 0 Å². The lowest BCUT2D eigenvalue weighted by atomic mass is 10.1. The smallest absolute Gasteiger partial charge is 0.416 e. The van der Waals surface area contributed by atoms with Crippen LogP contribution >= 0.6 is 0 Å². The molecule has 0 bridgehead atoms. The van der Waals surface area contributed by atoms with Crippen molar-refractivity contribution in [2.45, 2.75) is 37.9 Å². The average molecular weight is 597 g/mol. The van der Waals surface area contributed by atoms with Crippen LogP contribution in [0.25, 0.3) is 0 Å². The van der Waals surface area contributed by atoms with Gasteiger partial charge in [-0.05, 0) is 54.4 Å². The Morgan fingerprint density at radius 1 is 0.738 bits per heavy atom.